The van der Waals surface area contributed by atoms with Crippen LogP contribution in [0.15, 0.2) is 0 Å². The van der Waals surface area contributed by atoms with Crippen LogP contribution < -0.4 is 16.4 Å². The van der Waals surface area contributed by atoms with Gasteiger partial charge < -0.3 is 31.3 Å². The molecule has 1 aliphatic heterocycles. The van der Waals surface area contributed by atoms with Crippen LogP contribution in [0.4, 0.5) is 0 Å². The Balaban J connectivity index is 1.97. The molecule has 32 heavy (non-hydrogen) atoms. The Labute approximate surface area is 188 Å². The maximum Gasteiger partial charge on any atom is 0.323 e. The van der Waals surface area contributed by atoms with Gasteiger partial charge in [0.05, 0.1) is 6.42 Å². The summed E-state index contributed by atoms with van der Waals surface area (Å²) in [6.07, 6.45) is 4.68. The highest BCUT2D eigenvalue weighted by Gasteiger charge is 2.38. The van der Waals surface area contributed by atoms with Crippen molar-refractivity contribution in [1.29, 1.82) is 5.41 Å². The fourth-order valence-electron chi connectivity index (χ4n) is 3.89. The van der Waals surface area contributed by atoms with Crippen molar-refractivity contribution in [3.8, 4) is 0 Å². The predicted octanol–water partition coefficient (Wildman–Crippen LogP) is -0.151. The molecule has 0 bridgehead atoms. The van der Waals surface area contributed by atoms with Gasteiger partial charge in [-0.05, 0) is 38.0 Å². The van der Waals surface area contributed by atoms with E-state index in [9.17, 15) is 24.3 Å². The number of rotatable bonds is 12. The van der Waals surface area contributed by atoms with Crippen molar-refractivity contribution < 1.29 is 24.3 Å². The van der Waals surface area contributed by atoms with Crippen LogP contribution in [0.5, 0.6) is 0 Å². The second-order valence-corrected chi connectivity index (χ2v) is 8.66. The molecule has 2 atom stereocenters. The molecule has 0 aromatic carbocycles. The molecule has 11 nitrogen and oxygen atoms in total. The number of carboxylic acids is 1. The van der Waals surface area contributed by atoms with Gasteiger partial charge in [0.25, 0.3) is 0 Å². The van der Waals surface area contributed by atoms with Crippen molar-refractivity contribution in [1.82, 2.24) is 20.4 Å². The quantitative estimate of drug-likeness (QED) is 0.202. The lowest BCUT2D eigenvalue weighted by atomic mass is 9.98. The number of nitrogens with one attached hydrogen (secondary N) is 3. The molecule has 2 aliphatic rings. The van der Waals surface area contributed by atoms with Crippen LogP contribution in [0.2, 0.25) is 0 Å². The van der Waals surface area contributed by atoms with Crippen LogP contribution in [-0.2, 0) is 19.2 Å². The highest BCUT2D eigenvalue weighted by molar-refractivity contribution is 5.93. The molecule has 11 heteroatoms. The third kappa shape index (κ3) is 8.35. The van der Waals surface area contributed by atoms with Crippen LogP contribution in [-0.4, -0.2) is 82.8 Å². The number of nitrogens with zero attached hydrogens (tertiary/aromatic N) is 2. The number of piperidine rings is 1. The van der Waals surface area contributed by atoms with Gasteiger partial charge in [-0.2, -0.15) is 0 Å². The molecule has 6 N–H and O–H groups in total. The molecule has 180 valence electrons. The van der Waals surface area contributed by atoms with E-state index in [1.807, 2.05) is 6.92 Å². The summed E-state index contributed by atoms with van der Waals surface area (Å²) < 4.78 is 0. The lowest BCUT2D eigenvalue weighted by Crippen LogP contribution is -2.52. The average molecular weight is 453 g/mol. The molecule has 2 rings (SSSR count). The van der Waals surface area contributed by atoms with Gasteiger partial charge in [0, 0.05) is 32.1 Å². The monoisotopic (exact) mass is 452 g/mol. The Morgan fingerprint density at radius 1 is 1.22 bits per heavy atom. The summed E-state index contributed by atoms with van der Waals surface area (Å²) in [5.74, 6) is -2.22. The SMILES string of the molecule is CCCCC(=O)N[C@@H](CC(=O)NC[C@@H]1CCCN(C(=N)N)C1)C(=O)N(CC(=O)O)C1CC1. The second kappa shape index (κ2) is 12.3. The Morgan fingerprint density at radius 3 is 2.53 bits per heavy atom. The van der Waals surface area contributed by atoms with Crippen LogP contribution in [0.3, 0.4) is 0 Å². The van der Waals surface area contributed by atoms with Gasteiger partial charge >= 0.3 is 5.97 Å². The molecule has 2 fully saturated rings. The first-order valence-corrected chi connectivity index (χ1v) is 11.4. The first-order chi connectivity index (χ1) is 15.2. The van der Waals surface area contributed by atoms with Gasteiger partial charge in [0.1, 0.15) is 12.6 Å². The first kappa shape index (κ1) is 25.4. The molecular weight excluding hydrogens is 416 g/mol. The van der Waals surface area contributed by atoms with Gasteiger partial charge in [-0.25, -0.2) is 0 Å². The minimum Gasteiger partial charge on any atom is -0.480 e. The lowest BCUT2D eigenvalue weighted by molar-refractivity contribution is -0.146. The van der Waals surface area contributed by atoms with Gasteiger partial charge in [-0.15, -0.1) is 0 Å². The topological polar surface area (TPSA) is 169 Å². The van der Waals surface area contributed by atoms with E-state index in [2.05, 4.69) is 10.6 Å². The van der Waals surface area contributed by atoms with Crippen molar-refractivity contribution >= 4 is 29.7 Å². The number of amides is 3. The van der Waals surface area contributed by atoms with Gasteiger partial charge in [-0.3, -0.25) is 24.6 Å². The fourth-order valence-corrected chi connectivity index (χ4v) is 3.89. The molecule has 0 spiro atoms. The number of likely N-dealkylation sites (tertiary alicyclic amines) is 1. The smallest absolute Gasteiger partial charge is 0.323 e. The number of carboxylic acid groups (broad SMARTS) is 1. The highest BCUT2D eigenvalue weighted by atomic mass is 16.4. The number of hydrogen-bond donors (Lipinski definition) is 5. The zero-order valence-corrected chi connectivity index (χ0v) is 18.8. The summed E-state index contributed by atoms with van der Waals surface area (Å²) in [6.45, 7) is 3.19. The van der Waals surface area contributed by atoms with E-state index in [4.69, 9.17) is 11.1 Å². The normalized spacial score (nSPS) is 19.0. The van der Waals surface area contributed by atoms with E-state index in [-0.39, 0.29) is 42.6 Å². The summed E-state index contributed by atoms with van der Waals surface area (Å²) in [5.41, 5.74) is 5.56. The molecular formula is C21H36N6O5. The van der Waals surface area contributed by atoms with Crippen molar-refractivity contribution in [3.05, 3.63) is 0 Å². The summed E-state index contributed by atoms with van der Waals surface area (Å²) in [6, 6.07) is -1.25. The van der Waals surface area contributed by atoms with E-state index in [1.165, 1.54) is 4.90 Å². The van der Waals surface area contributed by atoms with Gasteiger partial charge in [0.2, 0.25) is 17.7 Å². The van der Waals surface area contributed by atoms with Gasteiger partial charge in [-0.1, -0.05) is 13.3 Å². The van der Waals surface area contributed by atoms with E-state index in [0.717, 1.165) is 38.6 Å². The van der Waals surface area contributed by atoms with E-state index >= 15 is 0 Å². The molecule has 0 radical (unpaired) electrons. The zero-order valence-electron chi connectivity index (χ0n) is 18.8. The van der Waals surface area contributed by atoms with E-state index < -0.39 is 24.5 Å². The van der Waals surface area contributed by atoms with Crippen molar-refractivity contribution in [3.63, 3.8) is 0 Å². The predicted molar refractivity (Wildman–Crippen MR) is 118 cm³/mol. The molecule has 1 aliphatic carbocycles. The molecule has 0 unspecified atom stereocenters. The first-order valence-electron chi connectivity index (χ1n) is 11.4. The van der Waals surface area contributed by atoms with Crippen LogP contribution in [0, 0.1) is 11.3 Å². The van der Waals surface area contributed by atoms with Crippen LogP contribution in [0.1, 0.15) is 58.3 Å². The largest absolute Gasteiger partial charge is 0.480 e. The van der Waals surface area contributed by atoms with Crippen LogP contribution in [0.25, 0.3) is 0 Å². The summed E-state index contributed by atoms with van der Waals surface area (Å²) in [4.78, 5) is 52.2. The third-order valence-corrected chi connectivity index (χ3v) is 5.80. The molecule has 1 heterocycles. The standard InChI is InChI=1S/C21H36N6O5/c1-2-3-6-17(28)25-16(20(32)27(13-19(30)31)15-7-8-15)10-18(29)24-11-14-5-4-9-26(12-14)21(22)23/h14-16H,2-13H2,1H3,(H3,22,23)(H,24,29)(H,25,28)(H,30,31)/t14-,16-/m0/s1. The number of aliphatic carboxylic acids is 1. The Bertz CT molecular complexity index is 711. The Morgan fingerprint density at radius 2 is 1.94 bits per heavy atom. The van der Waals surface area contributed by atoms with Gasteiger partial charge in [0.15, 0.2) is 5.96 Å². The average Bonchev–Trinajstić information content (AvgIpc) is 3.59. The zero-order chi connectivity index (χ0) is 23.7. The number of guanidine groups is 1. The van der Waals surface area contributed by atoms with Crippen molar-refractivity contribution in [2.45, 2.75) is 70.4 Å². The second-order valence-electron chi connectivity index (χ2n) is 8.66. The summed E-state index contributed by atoms with van der Waals surface area (Å²) >= 11 is 0. The number of carbonyl (C=O) groups excluding carboxylic acids is 3. The number of unbranched alkanes of at least 4 members (excludes halogenated alkanes) is 1. The number of hydrogen-bond acceptors (Lipinski definition) is 5. The minimum atomic E-state index is -1.13. The van der Waals surface area contributed by atoms with Crippen molar-refractivity contribution in [2.24, 2.45) is 11.7 Å². The third-order valence-electron chi connectivity index (χ3n) is 5.80. The Kier molecular flexibility index (Phi) is 9.73. The lowest BCUT2D eigenvalue weighted by Gasteiger charge is -2.33. The summed E-state index contributed by atoms with van der Waals surface area (Å²) in [5, 5.41) is 22.2. The van der Waals surface area contributed by atoms with E-state index in [1.54, 1.807) is 4.90 Å². The molecule has 1 saturated heterocycles. The minimum absolute atomic E-state index is 0.0140. The summed E-state index contributed by atoms with van der Waals surface area (Å²) in [7, 11) is 0. The highest BCUT2D eigenvalue weighted by Crippen LogP contribution is 2.27. The number of nitrogens with two attached hydrogens (primary N) is 1. The number of carbonyl (C=O) groups is 4. The molecule has 1 saturated carbocycles. The maximum atomic E-state index is 13.1. The fraction of sp³-hybridized carbons (Fsp3) is 0.762. The maximum absolute atomic E-state index is 13.1. The van der Waals surface area contributed by atoms with Crippen LogP contribution >= 0.6 is 0 Å². The molecule has 0 aromatic heterocycles. The van der Waals surface area contributed by atoms with E-state index in [0.29, 0.717) is 19.5 Å². The molecule has 0 aromatic rings. The van der Waals surface area contributed by atoms with Crippen molar-refractivity contribution in [2.75, 3.05) is 26.2 Å². The molecule has 3 amide bonds. The Hall–Kier alpha value is -2.85.